The molecular weight excluding hydrogens is 714 g/mol. The van der Waals surface area contributed by atoms with Crippen molar-refractivity contribution in [3.8, 4) is 23.0 Å². The van der Waals surface area contributed by atoms with Gasteiger partial charge >= 0.3 is 6.18 Å². The second kappa shape index (κ2) is 14.1. The van der Waals surface area contributed by atoms with Gasteiger partial charge in [-0.2, -0.15) is 27.1 Å². The van der Waals surface area contributed by atoms with Crippen LogP contribution in [0.15, 0.2) is 61.1 Å². The van der Waals surface area contributed by atoms with Crippen LogP contribution in [0.25, 0.3) is 11.1 Å². The Morgan fingerprint density at radius 3 is 2.43 bits per heavy atom. The number of hydrogen-bond donors (Lipinski definition) is 2. The molecule has 3 aromatic heterocycles. The van der Waals surface area contributed by atoms with E-state index in [0.29, 0.717) is 11.6 Å². The maximum Gasteiger partial charge on any atom is 0.435 e. The van der Waals surface area contributed by atoms with Gasteiger partial charge in [-0.15, -0.1) is 0 Å². The van der Waals surface area contributed by atoms with Crippen LogP contribution < -0.4 is 11.1 Å². The topological polar surface area (TPSA) is 129 Å². The Morgan fingerprint density at radius 2 is 1.75 bits per heavy atom. The van der Waals surface area contributed by atoms with Crippen molar-refractivity contribution in [2.45, 2.75) is 50.9 Å². The smallest absolute Gasteiger partial charge is 0.366 e. The Morgan fingerprint density at radius 1 is 1.02 bits per heavy atom. The minimum Gasteiger partial charge on any atom is -0.366 e. The second-order valence-corrected chi connectivity index (χ2v) is 12.2. The molecule has 3 heterocycles. The molecule has 2 amide bonds. The minimum atomic E-state index is -5.09. The van der Waals surface area contributed by atoms with Gasteiger partial charge in [-0.25, -0.2) is 23.1 Å². The number of fused-ring (bicyclic) bond motifs is 1. The first-order valence-electron chi connectivity index (χ1n) is 15.7. The Balaban J connectivity index is 1.47. The van der Waals surface area contributed by atoms with E-state index in [0.717, 1.165) is 29.8 Å². The number of carbonyl (C=O) groups excluding carboxylic acids is 2. The number of nitrogens with two attached hydrogens (primary N) is 1. The van der Waals surface area contributed by atoms with Crippen LogP contribution in [0.3, 0.4) is 0 Å². The molecule has 272 valence electrons. The van der Waals surface area contributed by atoms with Crippen molar-refractivity contribution >= 4 is 11.8 Å². The summed E-state index contributed by atoms with van der Waals surface area (Å²) in [5, 5.41) is 5.84. The summed E-state index contributed by atoms with van der Waals surface area (Å²) < 4.78 is 114. The quantitative estimate of drug-likeness (QED) is 0.146. The van der Waals surface area contributed by atoms with Crippen molar-refractivity contribution in [1.82, 2.24) is 30.0 Å². The number of nitrogens with zero attached hydrogens (tertiary/aromatic N) is 5. The van der Waals surface area contributed by atoms with Crippen molar-refractivity contribution in [3.63, 3.8) is 0 Å². The molecule has 0 fully saturated rings. The maximum atomic E-state index is 14.8. The van der Waals surface area contributed by atoms with Gasteiger partial charge in [0.15, 0.2) is 5.69 Å². The first kappa shape index (κ1) is 36.6. The van der Waals surface area contributed by atoms with Crippen LogP contribution in [0, 0.1) is 36.2 Å². The molecule has 17 heteroatoms. The average molecular weight is 740 g/mol. The third-order valence-corrected chi connectivity index (χ3v) is 8.23. The fraction of sp³-hybridized carbons (Fsp3) is 0.222. The number of aryl methyl sites for hydroxylation is 1. The normalized spacial score (nSPS) is 13.9. The molecule has 1 aliphatic rings. The zero-order chi connectivity index (χ0) is 38.2. The van der Waals surface area contributed by atoms with Crippen LogP contribution in [-0.2, 0) is 36.3 Å². The number of alkyl halides is 5. The van der Waals surface area contributed by atoms with Crippen LogP contribution in [0.4, 0.5) is 35.1 Å². The molecule has 0 radical (unpaired) electrons. The standard InChI is InChI=1S/C36H25F8N7O2/c1-18-8-19(15-46-14-18)2-5-29-47-16-26(21-3-4-27(39)25(12-21)34(45)53)31(49-29)28(11-20-9-22(37)13-23(38)10-20)48-30(52)17-51-33-24(6-7-35(33,40)41)32(50-51)36(42,43)44/h3-4,8-10,12-16,28H,6-7,11,17H2,1H3,(H2,45,53)(H,48,52)/t28-/m0/s1. The first-order chi connectivity index (χ1) is 25.0. The second-order valence-electron chi connectivity index (χ2n) is 12.2. The lowest BCUT2D eigenvalue weighted by molar-refractivity contribution is -0.142. The molecule has 53 heavy (non-hydrogen) atoms. The molecular formula is C36H25F8N7O2. The van der Waals surface area contributed by atoms with Crippen molar-refractivity contribution in [3.05, 3.63) is 129 Å². The van der Waals surface area contributed by atoms with Crippen molar-refractivity contribution in [1.29, 1.82) is 0 Å². The predicted molar refractivity (Wildman–Crippen MR) is 171 cm³/mol. The molecule has 5 aromatic rings. The van der Waals surface area contributed by atoms with Gasteiger partial charge in [0, 0.05) is 47.8 Å². The molecule has 0 bridgehead atoms. The molecule has 2 aromatic carbocycles. The van der Waals surface area contributed by atoms with Crippen molar-refractivity contribution in [2.75, 3.05) is 0 Å². The third-order valence-electron chi connectivity index (χ3n) is 8.23. The van der Waals surface area contributed by atoms with Gasteiger partial charge in [-0.05, 0) is 72.7 Å². The van der Waals surface area contributed by atoms with Gasteiger partial charge < -0.3 is 11.1 Å². The van der Waals surface area contributed by atoms with Gasteiger partial charge in [0.05, 0.1) is 17.3 Å². The number of hydrogen-bond acceptors (Lipinski definition) is 6. The largest absolute Gasteiger partial charge is 0.435 e. The summed E-state index contributed by atoms with van der Waals surface area (Å²) in [5.74, 6) is -3.46. The van der Waals surface area contributed by atoms with E-state index in [1.807, 2.05) is 0 Å². The first-order valence-corrected chi connectivity index (χ1v) is 15.7. The Bertz CT molecular complexity index is 2310. The number of rotatable bonds is 8. The van der Waals surface area contributed by atoms with Crippen LogP contribution in [-0.4, -0.2) is 36.5 Å². The highest BCUT2D eigenvalue weighted by Gasteiger charge is 2.50. The highest BCUT2D eigenvalue weighted by molar-refractivity contribution is 5.94. The van der Waals surface area contributed by atoms with Crippen LogP contribution >= 0.6 is 0 Å². The lowest BCUT2D eigenvalue weighted by atomic mass is 9.95. The van der Waals surface area contributed by atoms with Crippen molar-refractivity contribution < 1.29 is 44.7 Å². The van der Waals surface area contributed by atoms with E-state index in [-0.39, 0.29) is 32.9 Å². The van der Waals surface area contributed by atoms with Crippen LogP contribution in [0.2, 0.25) is 0 Å². The Labute approximate surface area is 295 Å². The summed E-state index contributed by atoms with van der Waals surface area (Å²) in [4.78, 5) is 38.4. The number of amides is 2. The zero-order valence-electron chi connectivity index (χ0n) is 27.3. The van der Waals surface area contributed by atoms with E-state index in [4.69, 9.17) is 5.73 Å². The monoisotopic (exact) mass is 739 g/mol. The number of halogens is 8. The minimum absolute atomic E-state index is 0.0290. The van der Waals surface area contributed by atoms with E-state index in [9.17, 15) is 44.7 Å². The molecule has 0 unspecified atom stereocenters. The molecule has 9 nitrogen and oxygen atoms in total. The number of pyridine rings is 1. The number of nitrogens with one attached hydrogen (secondary N) is 1. The van der Waals surface area contributed by atoms with Gasteiger partial charge in [0.25, 0.3) is 11.8 Å². The third kappa shape index (κ3) is 8.01. The average Bonchev–Trinajstić information content (AvgIpc) is 3.60. The summed E-state index contributed by atoms with van der Waals surface area (Å²) >= 11 is 0. The van der Waals surface area contributed by atoms with Gasteiger partial charge in [0.2, 0.25) is 11.7 Å². The zero-order valence-corrected chi connectivity index (χ0v) is 27.3. The van der Waals surface area contributed by atoms with E-state index in [2.05, 4.69) is 37.2 Å². The number of carbonyl (C=O) groups is 2. The number of aromatic nitrogens is 5. The molecule has 1 atom stereocenters. The Hall–Kier alpha value is -6.18. The molecule has 6 rings (SSSR count). The summed E-state index contributed by atoms with van der Waals surface area (Å²) in [6.07, 6.45) is -2.76. The number of benzene rings is 2. The highest BCUT2D eigenvalue weighted by atomic mass is 19.4. The SMILES string of the molecule is Cc1cncc(C#Cc2ncc(-c3ccc(F)c(C(N)=O)c3)c([C@H](Cc3cc(F)cc(F)c3)NC(=O)Cn3nc(C(F)(F)F)c4c3C(F)(F)CC4)n2)c1. The van der Waals surface area contributed by atoms with Gasteiger partial charge in [0.1, 0.15) is 29.7 Å². The van der Waals surface area contributed by atoms with Gasteiger partial charge in [-0.1, -0.05) is 12.0 Å². The fourth-order valence-corrected chi connectivity index (χ4v) is 6.02. The molecule has 0 saturated heterocycles. The lowest BCUT2D eigenvalue weighted by Gasteiger charge is -2.22. The molecule has 3 N–H and O–H groups in total. The maximum absolute atomic E-state index is 14.8. The molecule has 1 aliphatic carbocycles. The van der Waals surface area contributed by atoms with E-state index in [1.165, 1.54) is 18.5 Å². The van der Waals surface area contributed by atoms with E-state index >= 15 is 0 Å². The summed E-state index contributed by atoms with van der Waals surface area (Å²) in [5.41, 5.74) is 2.77. The van der Waals surface area contributed by atoms with E-state index < -0.39 is 95.7 Å². The van der Waals surface area contributed by atoms with E-state index in [1.54, 1.807) is 19.2 Å². The molecule has 0 spiro atoms. The fourth-order valence-electron chi connectivity index (χ4n) is 6.02. The number of primary amides is 1. The summed E-state index contributed by atoms with van der Waals surface area (Å²) in [6, 6.07) is 6.06. The lowest BCUT2D eigenvalue weighted by Crippen LogP contribution is -2.35. The van der Waals surface area contributed by atoms with Crippen molar-refractivity contribution in [2.24, 2.45) is 5.73 Å². The van der Waals surface area contributed by atoms with Crippen LogP contribution in [0.5, 0.6) is 0 Å². The highest BCUT2D eigenvalue weighted by Crippen LogP contribution is 2.46. The summed E-state index contributed by atoms with van der Waals surface area (Å²) in [6.45, 7) is 0.674. The van der Waals surface area contributed by atoms with Crippen LogP contribution in [0.1, 0.15) is 68.0 Å². The van der Waals surface area contributed by atoms with Gasteiger partial charge in [-0.3, -0.25) is 19.3 Å². The predicted octanol–water partition coefficient (Wildman–Crippen LogP) is 6.12. The summed E-state index contributed by atoms with van der Waals surface area (Å²) in [7, 11) is 0. The Kier molecular flexibility index (Phi) is 9.73. The molecule has 0 saturated carbocycles. The molecule has 0 aliphatic heterocycles.